The molecule has 2 aromatic rings. The first kappa shape index (κ1) is 22.6. The van der Waals surface area contributed by atoms with Crippen LogP contribution in [0.1, 0.15) is 48.8 Å². The van der Waals surface area contributed by atoms with Gasteiger partial charge in [0.25, 0.3) is 0 Å². The van der Waals surface area contributed by atoms with Crippen molar-refractivity contribution in [3.8, 4) is 0 Å². The minimum absolute atomic E-state index is 0.0247. The molecule has 1 aromatic carbocycles. The molecule has 1 aliphatic heterocycles. The summed E-state index contributed by atoms with van der Waals surface area (Å²) in [7, 11) is 0. The third-order valence-corrected chi connectivity index (χ3v) is 7.46. The van der Waals surface area contributed by atoms with Gasteiger partial charge >= 0.3 is 5.97 Å². The van der Waals surface area contributed by atoms with Gasteiger partial charge in [-0.1, -0.05) is 23.9 Å². The number of aromatic nitrogens is 1. The maximum absolute atomic E-state index is 12.4. The highest BCUT2D eigenvalue weighted by Gasteiger charge is 2.35. The second-order valence-electron chi connectivity index (χ2n) is 7.14. The molecule has 0 spiro atoms. The van der Waals surface area contributed by atoms with E-state index in [1.807, 2.05) is 4.90 Å². The van der Waals surface area contributed by atoms with Crippen LogP contribution in [0.4, 0.5) is 5.69 Å². The van der Waals surface area contributed by atoms with Gasteiger partial charge in [0, 0.05) is 42.9 Å². The lowest BCUT2D eigenvalue weighted by Gasteiger charge is -2.30. The summed E-state index contributed by atoms with van der Waals surface area (Å²) >= 11 is 2.78. The van der Waals surface area contributed by atoms with Crippen molar-refractivity contribution in [1.82, 2.24) is 9.88 Å². The topological polar surface area (TPSA) is 99.8 Å². The zero-order valence-corrected chi connectivity index (χ0v) is 18.9. The molecular formula is C21H28N4O3S2. The number of carbonyl (C=O) groups excluding carboxylic acids is 1. The summed E-state index contributed by atoms with van der Waals surface area (Å²) in [6, 6.07) is 8.08. The highest BCUT2D eigenvalue weighted by atomic mass is 32.2. The van der Waals surface area contributed by atoms with Crippen molar-refractivity contribution >= 4 is 40.7 Å². The third-order valence-electron chi connectivity index (χ3n) is 5.46. The Hall–Kier alpha value is -2.10. The van der Waals surface area contributed by atoms with Crippen molar-refractivity contribution in [3.05, 3.63) is 40.9 Å². The first-order chi connectivity index (χ1) is 14.4. The maximum Gasteiger partial charge on any atom is 0.355 e. The van der Waals surface area contributed by atoms with Gasteiger partial charge in [-0.05, 0) is 38.0 Å². The van der Waals surface area contributed by atoms with Crippen LogP contribution in [0.2, 0.25) is 0 Å². The van der Waals surface area contributed by atoms with Gasteiger partial charge in [0.2, 0.25) is 5.91 Å². The average Bonchev–Trinajstić information content (AvgIpc) is 3.36. The van der Waals surface area contributed by atoms with E-state index < -0.39 is 5.97 Å². The number of nitrogens with two attached hydrogens (primary N) is 1. The number of likely N-dealkylation sites (tertiary alicyclic amines) is 1. The van der Waals surface area contributed by atoms with Crippen molar-refractivity contribution in [2.24, 2.45) is 5.73 Å². The van der Waals surface area contributed by atoms with Crippen LogP contribution in [0.15, 0.2) is 34.0 Å². The molecule has 3 N–H and O–H groups in total. The van der Waals surface area contributed by atoms with Gasteiger partial charge in [0.1, 0.15) is 0 Å². The molecule has 2 heterocycles. The number of carboxylic acid groups (broad SMARTS) is 1. The Kier molecular flexibility index (Phi) is 7.74. The normalized spacial score (nSPS) is 17.4. The number of hydrogen-bond acceptors (Lipinski definition) is 7. The van der Waals surface area contributed by atoms with Crippen LogP contribution >= 0.6 is 23.1 Å². The Bertz CT molecular complexity index is 867. The summed E-state index contributed by atoms with van der Waals surface area (Å²) in [5, 5.41) is 10.5. The van der Waals surface area contributed by atoms with Crippen molar-refractivity contribution in [1.29, 1.82) is 0 Å². The molecule has 1 unspecified atom stereocenters. The van der Waals surface area contributed by atoms with Crippen LogP contribution < -0.4 is 10.6 Å². The molecule has 1 fully saturated rings. The maximum atomic E-state index is 12.4. The fraction of sp³-hybridized carbons (Fsp3) is 0.476. The van der Waals surface area contributed by atoms with Gasteiger partial charge in [-0.3, -0.25) is 4.79 Å². The van der Waals surface area contributed by atoms with Crippen molar-refractivity contribution in [2.75, 3.05) is 30.3 Å². The molecule has 0 radical (unpaired) electrons. The summed E-state index contributed by atoms with van der Waals surface area (Å²) in [6.07, 6.45) is 1.27. The van der Waals surface area contributed by atoms with E-state index in [9.17, 15) is 9.59 Å². The van der Waals surface area contributed by atoms with Crippen LogP contribution in [-0.4, -0.2) is 58.3 Å². The number of carbonyl (C=O) groups is 2. The van der Waals surface area contributed by atoms with Gasteiger partial charge < -0.3 is 20.6 Å². The molecule has 1 aromatic heterocycles. The molecule has 3 rings (SSSR count). The molecule has 0 saturated carbocycles. The fourth-order valence-electron chi connectivity index (χ4n) is 3.79. The second-order valence-corrected chi connectivity index (χ2v) is 9.34. The lowest BCUT2D eigenvalue weighted by Crippen LogP contribution is -2.41. The van der Waals surface area contributed by atoms with E-state index in [0.29, 0.717) is 23.1 Å². The Labute approximate surface area is 185 Å². The van der Waals surface area contributed by atoms with Gasteiger partial charge in [-0.25, -0.2) is 9.78 Å². The predicted molar refractivity (Wildman–Crippen MR) is 121 cm³/mol. The van der Waals surface area contributed by atoms with E-state index in [1.165, 1.54) is 34.2 Å². The van der Waals surface area contributed by atoms with Crippen LogP contribution in [0, 0.1) is 0 Å². The van der Waals surface area contributed by atoms with Crippen molar-refractivity contribution in [3.63, 3.8) is 0 Å². The highest BCUT2D eigenvalue weighted by Crippen LogP contribution is 2.31. The largest absolute Gasteiger partial charge is 0.476 e. The van der Waals surface area contributed by atoms with Gasteiger partial charge in [0.15, 0.2) is 10.0 Å². The molecular weight excluding hydrogens is 420 g/mol. The standard InChI is InChI=1S/C21H28N4O3S2/c1-3-24(4-2)15-7-5-14(6-8-15)19(22)17-9-10-18(26)25(17)11-12-29-21-23-16(13-30-21)20(27)28/h5-8,13,17,19H,3-4,9-12,22H2,1-2H3,(H,27,28)/t17-,19?/m1/s1. The number of benzene rings is 1. The smallest absolute Gasteiger partial charge is 0.355 e. The van der Waals surface area contributed by atoms with Crippen LogP contribution in [0.5, 0.6) is 0 Å². The molecule has 162 valence electrons. The van der Waals surface area contributed by atoms with E-state index in [2.05, 4.69) is 48.0 Å². The Balaban J connectivity index is 1.61. The van der Waals surface area contributed by atoms with Gasteiger partial charge in [-0.15, -0.1) is 11.3 Å². The number of thioether (sulfide) groups is 1. The summed E-state index contributed by atoms with van der Waals surface area (Å²) in [5.74, 6) is -0.241. The van der Waals surface area contributed by atoms with Gasteiger partial charge in [-0.2, -0.15) is 0 Å². The summed E-state index contributed by atoms with van der Waals surface area (Å²) < 4.78 is 0.701. The predicted octanol–water partition coefficient (Wildman–Crippen LogP) is 3.47. The van der Waals surface area contributed by atoms with E-state index in [1.54, 1.807) is 0 Å². The van der Waals surface area contributed by atoms with E-state index in [4.69, 9.17) is 10.8 Å². The molecule has 2 atom stereocenters. The average molecular weight is 449 g/mol. The zero-order chi connectivity index (χ0) is 21.7. The summed E-state index contributed by atoms with van der Waals surface area (Å²) in [5.41, 5.74) is 8.85. The molecule has 1 saturated heterocycles. The SMILES string of the molecule is CCN(CC)c1ccc(C(N)[C@H]2CCC(=O)N2CCSc2nc(C(=O)O)cs2)cc1. The number of hydrogen-bond donors (Lipinski definition) is 2. The number of carboxylic acids is 1. The van der Waals surface area contributed by atoms with Crippen LogP contribution in [0.25, 0.3) is 0 Å². The molecule has 7 nitrogen and oxygen atoms in total. The lowest BCUT2D eigenvalue weighted by atomic mass is 9.98. The van der Waals surface area contributed by atoms with E-state index in [-0.39, 0.29) is 23.7 Å². The second kappa shape index (κ2) is 10.3. The zero-order valence-electron chi connectivity index (χ0n) is 17.3. The Morgan fingerprint density at radius 2 is 2.07 bits per heavy atom. The molecule has 9 heteroatoms. The van der Waals surface area contributed by atoms with Crippen molar-refractivity contribution in [2.45, 2.75) is 43.1 Å². The lowest BCUT2D eigenvalue weighted by molar-refractivity contribution is -0.128. The summed E-state index contributed by atoms with van der Waals surface area (Å²) in [4.78, 5) is 31.6. The first-order valence-electron chi connectivity index (χ1n) is 10.2. The van der Waals surface area contributed by atoms with Crippen LogP contribution in [0.3, 0.4) is 0 Å². The minimum Gasteiger partial charge on any atom is -0.476 e. The number of rotatable bonds is 10. The van der Waals surface area contributed by atoms with Gasteiger partial charge in [0.05, 0.1) is 12.1 Å². The fourth-order valence-corrected chi connectivity index (χ4v) is 5.60. The Morgan fingerprint density at radius 3 is 2.67 bits per heavy atom. The highest BCUT2D eigenvalue weighted by molar-refractivity contribution is 8.01. The first-order valence-corrected chi connectivity index (χ1v) is 12.0. The Morgan fingerprint density at radius 1 is 1.37 bits per heavy atom. The van der Waals surface area contributed by atoms with E-state index >= 15 is 0 Å². The third kappa shape index (κ3) is 5.14. The van der Waals surface area contributed by atoms with E-state index in [0.717, 1.165) is 25.1 Å². The number of amides is 1. The number of aromatic carboxylic acids is 1. The number of nitrogens with zero attached hydrogens (tertiary/aromatic N) is 3. The quantitative estimate of drug-likeness (QED) is 0.537. The molecule has 30 heavy (non-hydrogen) atoms. The molecule has 0 aliphatic carbocycles. The molecule has 1 amide bonds. The molecule has 0 bridgehead atoms. The number of thiazole rings is 1. The molecule has 1 aliphatic rings. The van der Waals surface area contributed by atoms with Crippen molar-refractivity contribution < 1.29 is 14.7 Å². The van der Waals surface area contributed by atoms with Crippen LogP contribution in [-0.2, 0) is 4.79 Å². The number of anilines is 1. The summed E-state index contributed by atoms with van der Waals surface area (Å²) in [6.45, 7) is 6.76. The minimum atomic E-state index is -1.02. The monoisotopic (exact) mass is 448 g/mol.